The second kappa shape index (κ2) is 5.57. The second-order valence-electron chi connectivity index (χ2n) is 5.29. The maximum atomic E-state index is 12.6. The van der Waals surface area contributed by atoms with Crippen LogP contribution >= 0.6 is 0 Å². The molecular weight excluding hydrogens is 292 g/mol. The Kier molecular flexibility index (Phi) is 4.15. The molecule has 6 nitrogen and oxygen atoms in total. The minimum absolute atomic E-state index is 0.0545. The highest BCUT2D eigenvalue weighted by molar-refractivity contribution is 7.89. The molecule has 21 heavy (non-hydrogen) atoms. The van der Waals surface area contributed by atoms with Gasteiger partial charge in [0.05, 0.1) is 10.9 Å². The zero-order valence-electron chi connectivity index (χ0n) is 12.0. The first kappa shape index (κ1) is 15.7. The average molecular weight is 310 g/mol. The molecule has 0 unspecified atom stereocenters. The topological polar surface area (TPSA) is 97.5 Å². The van der Waals surface area contributed by atoms with Crippen LogP contribution in [0.25, 0.3) is 0 Å². The Labute approximate surface area is 124 Å². The summed E-state index contributed by atoms with van der Waals surface area (Å²) in [5, 5.41) is 5.10. The predicted molar refractivity (Wildman–Crippen MR) is 77.3 cm³/mol. The van der Waals surface area contributed by atoms with Gasteiger partial charge in [-0.25, -0.2) is 13.6 Å². The van der Waals surface area contributed by atoms with E-state index in [-0.39, 0.29) is 22.1 Å². The third-order valence-corrected chi connectivity index (χ3v) is 4.66. The molecule has 1 fully saturated rings. The lowest BCUT2D eigenvalue weighted by Gasteiger charge is -2.23. The van der Waals surface area contributed by atoms with E-state index in [0.29, 0.717) is 18.5 Å². The number of hydrogen-bond acceptors (Lipinski definition) is 4. The first-order valence-electron chi connectivity index (χ1n) is 6.66. The normalized spacial score (nSPS) is 18.8. The molecule has 1 saturated heterocycles. The number of likely N-dealkylation sites (tertiary alicyclic amines) is 1. The summed E-state index contributed by atoms with van der Waals surface area (Å²) in [5.41, 5.74) is 0.927. The van der Waals surface area contributed by atoms with Crippen LogP contribution in [0, 0.1) is 6.92 Å². The van der Waals surface area contributed by atoms with E-state index in [2.05, 4.69) is 0 Å². The smallest absolute Gasteiger partial charge is 0.254 e. The summed E-state index contributed by atoms with van der Waals surface area (Å²) >= 11 is 0. The molecule has 0 bridgehead atoms. The maximum Gasteiger partial charge on any atom is 0.254 e. The Hall–Kier alpha value is -1.73. The monoisotopic (exact) mass is 310 g/mol. The number of primary sulfonamides is 1. The largest absolute Gasteiger partial charge is 0.329 e. The molecule has 1 heterocycles. The standard InChI is InChI=1S/C14H18N2O4S/c1-9-5-6-11(21(15,19)20)8-12(9)14(18)16-7-3-4-13(16)10(2)17/h5-6,8,13H,3-4,7H2,1-2H3,(H2,15,19,20)/t13-/m1/s1. The summed E-state index contributed by atoms with van der Waals surface area (Å²) in [6, 6.07) is 3.78. The van der Waals surface area contributed by atoms with Gasteiger partial charge in [-0.1, -0.05) is 6.07 Å². The van der Waals surface area contributed by atoms with Gasteiger partial charge in [0.2, 0.25) is 10.0 Å². The molecule has 0 aliphatic carbocycles. The fourth-order valence-corrected chi connectivity index (χ4v) is 3.14. The highest BCUT2D eigenvalue weighted by Gasteiger charge is 2.33. The second-order valence-corrected chi connectivity index (χ2v) is 6.85. The van der Waals surface area contributed by atoms with Crippen molar-refractivity contribution in [1.82, 2.24) is 4.90 Å². The number of rotatable bonds is 3. The van der Waals surface area contributed by atoms with Gasteiger partial charge in [-0.3, -0.25) is 9.59 Å². The summed E-state index contributed by atoms with van der Waals surface area (Å²) in [4.78, 5) is 25.6. The molecule has 1 aromatic carbocycles. The zero-order valence-corrected chi connectivity index (χ0v) is 12.8. The first-order valence-corrected chi connectivity index (χ1v) is 8.21. The molecular formula is C14H18N2O4S. The lowest BCUT2D eigenvalue weighted by atomic mass is 10.1. The van der Waals surface area contributed by atoms with Crippen molar-refractivity contribution in [3.8, 4) is 0 Å². The molecule has 7 heteroatoms. The van der Waals surface area contributed by atoms with Crippen LogP contribution in [0.5, 0.6) is 0 Å². The van der Waals surface area contributed by atoms with Gasteiger partial charge in [0.1, 0.15) is 0 Å². The van der Waals surface area contributed by atoms with Crippen molar-refractivity contribution >= 4 is 21.7 Å². The molecule has 1 amide bonds. The van der Waals surface area contributed by atoms with E-state index in [1.165, 1.54) is 24.0 Å². The van der Waals surface area contributed by atoms with E-state index in [0.717, 1.165) is 6.42 Å². The van der Waals surface area contributed by atoms with Crippen molar-refractivity contribution in [3.05, 3.63) is 29.3 Å². The number of carbonyl (C=O) groups excluding carboxylic acids is 2. The van der Waals surface area contributed by atoms with Gasteiger partial charge in [0, 0.05) is 12.1 Å². The van der Waals surface area contributed by atoms with Crippen LogP contribution in [0.2, 0.25) is 0 Å². The molecule has 0 aromatic heterocycles. The van der Waals surface area contributed by atoms with Crippen molar-refractivity contribution in [2.45, 2.75) is 37.6 Å². The number of sulfonamides is 1. The van der Waals surface area contributed by atoms with E-state index in [1.807, 2.05) is 0 Å². The molecule has 114 valence electrons. The number of aryl methyl sites for hydroxylation is 1. The quantitative estimate of drug-likeness (QED) is 0.894. The summed E-state index contributed by atoms with van der Waals surface area (Å²) in [6.07, 6.45) is 1.42. The molecule has 1 aliphatic rings. The van der Waals surface area contributed by atoms with E-state index >= 15 is 0 Å². The van der Waals surface area contributed by atoms with Crippen molar-refractivity contribution in [3.63, 3.8) is 0 Å². The van der Waals surface area contributed by atoms with Crippen LogP contribution in [0.3, 0.4) is 0 Å². The fourth-order valence-electron chi connectivity index (χ4n) is 2.60. The van der Waals surface area contributed by atoms with E-state index in [1.54, 1.807) is 13.0 Å². The lowest BCUT2D eigenvalue weighted by Crippen LogP contribution is -2.39. The molecule has 0 radical (unpaired) electrons. The Bertz CT molecular complexity index is 697. The SMILES string of the molecule is CC(=O)[C@H]1CCCN1C(=O)c1cc(S(N)(=O)=O)ccc1C. The Morgan fingerprint density at radius 3 is 2.57 bits per heavy atom. The number of ketones is 1. The van der Waals surface area contributed by atoms with Gasteiger partial charge in [-0.05, 0) is 44.4 Å². The zero-order chi connectivity index (χ0) is 15.8. The van der Waals surface area contributed by atoms with Gasteiger partial charge in [-0.2, -0.15) is 0 Å². The van der Waals surface area contributed by atoms with Crippen LogP contribution in [0.1, 0.15) is 35.7 Å². The highest BCUT2D eigenvalue weighted by atomic mass is 32.2. The molecule has 1 atom stereocenters. The Morgan fingerprint density at radius 1 is 1.33 bits per heavy atom. The molecule has 1 aromatic rings. The number of carbonyl (C=O) groups is 2. The van der Waals surface area contributed by atoms with Gasteiger partial charge in [-0.15, -0.1) is 0 Å². The molecule has 2 rings (SSSR count). The summed E-state index contributed by atoms with van der Waals surface area (Å²) in [7, 11) is -3.87. The summed E-state index contributed by atoms with van der Waals surface area (Å²) in [6.45, 7) is 3.69. The molecule has 0 saturated carbocycles. The third kappa shape index (κ3) is 3.14. The number of Topliss-reactive ketones (excluding diaryl/α,β-unsaturated/α-hetero) is 1. The van der Waals surface area contributed by atoms with Gasteiger partial charge >= 0.3 is 0 Å². The van der Waals surface area contributed by atoms with E-state index < -0.39 is 16.1 Å². The number of nitrogens with two attached hydrogens (primary N) is 1. The Balaban J connectivity index is 2.41. The van der Waals surface area contributed by atoms with Crippen LogP contribution < -0.4 is 5.14 Å². The fraction of sp³-hybridized carbons (Fsp3) is 0.429. The summed E-state index contributed by atoms with van der Waals surface area (Å²) < 4.78 is 22.8. The van der Waals surface area contributed by atoms with Gasteiger partial charge in [0.15, 0.2) is 5.78 Å². The lowest BCUT2D eigenvalue weighted by molar-refractivity contribution is -0.120. The highest BCUT2D eigenvalue weighted by Crippen LogP contribution is 2.23. The Morgan fingerprint density at radius 2 is 2.00 bits per heavy atom. The van der Waals surface area contributed by atoms with Gasteiger partial charge in [0.25, 0.3) is 5.91 Å². The van der Waals surface area contributed by atoms with Crippen LogP contribution in [-0.2, 0) is 14.8 Å². The van der Waals surface area contributed by atoms with Crippen molar-refractivity contribution < 1.29 is 18.0 Å². The van der Waals surface area contributed by atoms with Gasteiger partial charge < -0.3 is 4.90 Å². The number of benzene rings is 1. The summed E-state index contributed by atoms with van der Waals surface area (Å²) in [5.74, 6) is -0.378. The van der Waals surface area contributed by atoms with Crippen molar-refractivity contribution in [1.29, 1.82) is 0 Å². The molecule has 1 aliphatic heterocycles. The number of nitrogens with zero attached hydrogens (tertiary/aromatic N) is 1. The first-order chi connectivity index (χ1) is 9.71. The number of amides is 1. The average Bonchev–Trinajstić information content (AvgIpc) is 2.86. The minimum Gasteiger partial charge on any atom is -0.329 e. The van der Waals surface area contributed by atoms with E-state index in [9.17, 15) is 18.0 Å². The van der Waals surface area contributed by atoms with Crippen LogP contribution in [0.4, 0.5) is 0 Å². The maximum absolute atomic E-state index is 12.6. The minimum atomic E-state index is -3.87. The predicted octanol–water partition coefficient (Wildman–Crippen LogP) is 0.836. The van der Waals surface area contributed by atoms with E-state index in [4.69, 9.17) is 5.14 Å². The number of hydrogen-bond donors (Lipinski definition) is 1. The van der Waals surface area contributed by atoms with Crippen LogP contribution in [0.15, 0.2) is 23.1 Å². The third-order valence-electron chi connectivity index (χ3n) is 3.75. The molecule has 0 spiro atoms. The van der Waals surface area contributed by atoms with Crippen molar-refractivity contribution in [2.24, 2.45) is 5.14 Å². The van der Waals surface area contributed by atoms with Crippen LogP contribution in [-0.4, -0.2) is 37.6 Å². The van der Waals surface area contributed by atoms with Crippen molar-refractivity contribution in [2.75, 3.05) is 6.54 Å². The molecule has 2 N–H and O–H groups in total.